The van der Waals surface area contributed by atoms with E-state index in [9.17, 15) is 0 Å². The molecule has 0 fully saturated rings. The topological polar surface area (TPSA) is 3.24 Å². The van der Waals surface area contributed by atoms with Crippen LogP contribution >= 0.6 is 11.3 Å². The van der Waals surface area contributed by atoms with Crippen molar-refractivity contribution in [2.24, 2.45) is 0 Å². The summed E-state index contributed by atoms with van der Waals surface area (Å²) >= 11 is 1.87. The first kappa shape index (κ1) is 29.5. The molecule has 0 aliphatic heterocycles. The predicted octanol–water partition coefficient (Wildman–Crippen LogP) is 13.8. The van der Waals surface area contributed by atoms with Crippen LogP contribution in [0, 0.1) is 0 Å². The maximum atomic E-state index is 2.50. The van der Waals surface area contributed by atoms with Crippen molar-refractivity contribution in [3.8, 4) is 33.4 Å². The lowest BCUT2D eigenvalue weighted by Gasteiger charge is -2.32. The van der Waals surface area contributed by atoms with Crippen LogP contribution < -0.4 is 4.90 Å². The van der Waals surface area contributed by atoms with Crippen LogP contribution in [-0.2, 0) is 10.8 Å². The Hall–Kier alpha value is -5.44. The Balaban J connectivity index is 1.15. The molecule has 0 unspecified atom stereocenters. The fourth-order valence-corrected chi connectivity index (χ4v) is 10.1. The second-order valence-electron chi connectivity index (χ2n) is 15.0. The Morgan fingerprint density at radius 2 is 1.02 bits per heavy atom. The van der Waals surface area contributed by atoms with Crippen molar-refractivity contribution in [1.82, 2.24) is 0 Å². The molecule has 240 valence electrons. The fraction of sp³-hybridized carbons (Fsp3) is 0.125. The van der Waals surface area contributed by atoms with E-state index >= 15 is 0 Å². The summed E-state index contributed by atoms with van der Waals surface area (Å²) in [4.78, 5) is 2.50. The molecule has 1 heterocycles. The molecule has 0 amide bonds. The Kier molecular flexibility index (Phi) is 6.21. The van der Waals surface area contributed by atoms with Crippen LogP contribution in [-0.4, -0.2) is 0 Å². The van der Waals surface area contributed by atoms with Gasteiger partial charge in [-0.05, 0) is 104 Å². The summed E-state index contributed by atoms with van der Waals surface area (Å²) in [5.41, 5.74) is 16.7. The summed E-state index contributed by atoms with van der Waals surface area (Å²) in [6, 6.07) is 56.8. The van der Waals surface area contributed by atoms with E-state index in [-0.39, 0.29) is 10.8 Å². The van der Waals surface area contributed by atoms with Gasteiger partial charge in [-0.25, -0.2) is 0 Å². The SMILES string of the molecule is CC1(C)c2ccccc2-c2cc(N(c3ccc(-c4ccc5sc6ccccc6c5c4)cc3)c3cccc4c3C(C)(C)c3ccccc3-4)ccc21. The minimum atomic E-state index is -0.148. The molecule has 2 aliphatic carbocycles. The number of hydrogen-bond acceptors (Lipinski definition) is 2. The zero-order valence-electron chi connectivity index (χ0n) is 28.8. The number of benzene rings is 7. The van der Waals surface area contributed by atoms with Gasteiger partial charge in [0, 0.05) is 42.4 Å². The number of nitrogens with zero attached hydrogens (tertiary/aromatic N) is 1. The molecule has 1 nitrogen and oxygen atoms in total. The minimum Gasteiger partial charge on any atom is -0.310 e. The number of rotatable bonds is 4. The van der Waals surface area contributed by atoms with E-state index in [0.29, 0.717) is 0 Å². The maximum absolute atomic E-state index is 2.50. The van der Waals surface area contributed by atoms with Gasteiger partial charge in [-0.2, -0.15) is 0 Å². The van der Waals surface area contributed by atoms with Crippen molar-refractivity contribution in [1.29, 1.82) is 0 Å². The lowest BCUT2D eigenvalue weighted by atomic mass is 9.81. The van der Waals surface area contributed by atoms with Crippen molar-refractivity contribution >= 4 is 48.6 Å². The highest BCUT2D eigenvalue weighted by Gasteiger charge is 2.39. The zero-order chi connectivity index (χ0) is 33.8. The molecule has 0 saturated heterocycles. The van der Waals surface area contributed by atoms with Crippen LogP contribution in [0.3, 0.4) is 0 Å². The molecule has 0 N–H and O–H groups in total. The highest BCUT2D eigenvalue weighted by Crippen LogP contribution is 2.55. The molecular weight excluding hydrogens is 623 g/mol. The molecule has 7 aromatic carbocycles. The third kappa shape index (κ3) is 4.12. The van der Waals surface area contributed by atoms with Gasteiger partial charge in [0.05, 0.1) is 5.69 Å². The van der Waals surface area contributed by atoms with Gasteiger partial charge in [0.2, 0.25) is 0 Å². The summed E-state index contributed by atoms with van der Waals surface area (Å²) in [5.74, 6) is 0. The number of hydrogen-bond donors (Lipinski definition) is 0. The van der Waals surface area contributed by atoms with E-state index in [2.05, 4.69) is 184 Å². The average Bonchev–Trinajstić information content (AvgIpc) is 3.72. The Bertz CT molecular complexity index is 2650. The van der Waals surface area contributed by atoms with Crippen LogP contribution in [0.4, 0.5) is 17.1 Å². The summed E-state index contributed by atoms with van der Waals surface area (Å²) in [5, 5.41) is 2.66. The summed E-state index contributed by atoms with van der Waals surface area (Å²) in [6.45, 7) is 9.48. The minimum absolute atomic E-state index is 0.0382. The lowest BCUT2D eigenvalue weighted by molar-refractivity contribution is 0.660. The highest BCUT2D eigenvalue weighted by molar-refractivity contribution is 7.25. The largest absolute Gasteiger partial charge is 0.310 e. The molecule has 2 aliphatic rings. The van der Waals surface area contributed by atoms with E-state index in [1.54, 1.807) is 0 Å². The third-order valence-electron chi connectivity index (χ3n) is 11.5. The number of fused-ring (bicyclic) bond motifs is 9. The van der Waals surface area contributed by atoms with E-state index < -0.39 is 0 Å². The molecule has 50 heavy (non-hydrogen) atoms. The van der Waals surface area contributed by atoms with Gasteiger partial charge in [0.15, 0.2) is 0 Å². The van der Waals surface area contributed by atoms with Crippen LogP contribution in [0.2, 0.25) is 0 Å². The second-order valence-corrected chi connectivity index (χ2v) is 16.0. The Labute approximate surface area is 298 Å². The van der Waals surface area contributed by atoms with Gasteiger partial charge < -0.3 is 4.90 Å². The second kappa shape index (κ2) is 10.5. The van der Waals surface area contributed by atoms with Crippen molar-refractivity contribution in [3.63, 3.8) is 0 Å². The van der Waals surface area contributed by atoms with Crippen LogP contribution in [0.15, 0.2) is 152 Å². The first-order valence-corrected chi connectivity index (χ1v) is 18.4. The van der Waals surface area contributed by atoms with Gasteiger partial charge in [-0.1, -0.05) is 131 Å². The van der Waals surface area contributed by atoms with E-state index in [1.165, 1.54) is 87.2 Å². The number of anilines is 3. The first-order chi connectivity index (χ1) is 24.3. The van der Waals surface area contributed by atoms with Crippen LogP contribution in [0.5, 0.6) is 0 Å². The molecule has 0 saturated carbocycles. The predicted molar refractivity (Wildman–Crippen MR) is 215 cm³/mol. The van der Waals surface area contributed by atoms with E-state index in [4.69, 9.17) is 0 Å². The van der Waals surface area contributed by atoms with Crippen molar-refractivity contribution in [3.05, 3.63) is 174 Å². The van der Waals surface area contributed by atoms with Gasteiger partial charge >= 0.3 is 0 Å². The van der Waals surface area contributed by atoms with Crippen LogP contribution in [0.1, 0.15) is 49.9 Å². The molecule has 2 heteroatoms. The molecule has 0 spiro atoms. The summed E-state index contributed by atoms with van der Waals surface area (Å²) < 4.78 is 2.67. The zero-order valence-corrected chi connectivity index (χ0v) is 29.6. The van der Waals surface area contributed by atoms with Crippen molar-refractivity contribution < 1.29 is 0 Å². The highest BCUT2D eigenvalue weighted by atomic mass is 32.1. The summed E-state index contributed by atoms with van der Waals surface area (Å²) in [7, 11) is 0. The normalized spacial score (nSPS) is 14.7. The average molecular weight is 660 g/mol. The van der Waals surface area contributed by atoms with Crippen molar-refractivity contribution in [2.75, 3.05) is 4.90 Å². The third-order valence-corrected chi connectivity index (χ3v) is 12.6. The number of thiophene rings is 1. The standard InChI is InChI=1S/C48H37NS/c1-47(2)40-16-8-6-13-35(40)38-29-33(25-26-42(38)47)49(43-18-11-15-37-34-12-5-9-17-41(34)48(3,4)46(37)43)32-23-20-30(21-24-32)31-22-27-45-39(28-31)36-14-7-10-19-44(36)50-45/h5-29H,1-4H3. The van der Waals surface area contributed by atoms with Crippen molar-refractivity contribution in [2.45, 2.75) is 38.5 Å². The molecule has 0 radical (unpaired) electrons. The molecular formula is C48H37NS. The molecule has 8 aromatic rings. The van der Waals surface area contributed by atoms with Gasteiger partial charge in [-0.3, -0.25) is 0 Å². The molecule has 0 bridgehead atoms. The van der Waals surface area contributed by atoms with Crippen LogP contribution in [0.25, 0.3) is 53.6 Å². The van der Waals surface area contributed by atoms with Gasteiger partial charge in [0.1, 0.15) is 0 Å². The maximum Gasteiger partial charge on any atom is 0.0508 e. The quantitative estimate of drug-likeness (QED) is 0.182. The van der Waals surface area contributed by atoms with Gasteiger partial charge in [-0.15, -0.1) is 11.3 Å². The first-order valence-electron chi connectivity index (χ1n) is 17.6. The Morgan fingerprint density at radius 1 is 0.420 bits per heavy atom. The van der Waals surface area contributed by atoms with E-state index in [0.717, 1.165) is 5.69 Å². The lowest BCUT2D eigenvalue weighted by Crippen LogP contribution is -2.21. The van der Waals surface area contributed by atoms with E-state index in [1.807, 2.05) is 11.3 Å². The fourth-order valence-electron chi connectivity index (χ4n) is 8.99. The Morgan fingerprint density at radius 3 is 1.82 bits per heavy atom. The van der Waals surface area contributed by atoms with Gasteiger partial charge in [0.25, 0.3) is 0 Å². The molecule has 10 rings (SSSR count). The molecule has 1 aromatic heterocycles. The monoisotopic (exact) mass is 659 g/mol. The smallest absolute Gasteiger partial charge is 0.0508 e. The summed E-state index contributed by atoms with van der Waals surface area (Å²) in [6.07, 6.45) is 0. The molecule has 0 atom stereocenters.